The van der Waals surface area contributed by atoms with E-state index in [9.17, 15) is 28.8 Å². The van der Waals surface area contributed by atoms with E-state index in [1.54, 1.807) is 21.1 Å². The highest BCUT2D eigenvalue weighted by molar-refractivity contribution is 7.81. The Morgan fingerprint density at radius 2 is 1.64 bits per heavy atom. The molecule has 1 amide bonds. The van der Waals surface area contributed by atoms with Crippen LogP contribution in [0.25, 0.3) is 0 Å². The number of likely N-dealkylation sites (N-methyl/N-ethyl adjacent to an activating group) is 1. The number of benzene rings is 1. The number of aromatic nitrogens is 2. The average Bonchev–Trinajstić information content (AvgIpc) is 3.53. The smallest absolute Gasteiger partial charge is 0.340 e. The molecule has 300 valence electrons. The molecule has 1 fully saturated rings. The molecule has 1 saturated heterocycles. The van der Waals surface area contributed by atoms with E-state index in [-0.39, 0.29) is 30.1 Å². The Morgan fingerprint density at radius 1 is 1.04 bits per heavy atom. The number of nitrogens with one attached hydrogen (secondary N) is 2. The fourth-order valence-corrected chi connectivity index (χ4v) is 4.46. The number of amides is 1. The summed E-state index contributed by atoms with van der Waals surface area (Å²) >= 11 is 3.92. The molecule has 1 aromatic carbocycles. The molecule has 2 heterocycles. The van der Waals surface area contributed by atoms with Crippen molar-refractivity contribution in [1.82, 2.24) is 19.8 Å². The van der Waals surface area contributed by atoms with Gasteiger partial charge in [0, 0.05) is 18.2 Å². The van der Waals surface area contributed by atoms with Gasteiger partial charge < -0.3 is 34.4 Å². The van der Waals surface area contributed by atoms with Crippen molar-refractivity contribution in [2.24, 2.45) is 5.92 Å². The molecule has 1 aliphatic rings. The van der Waals surface area contributed by atoms with E-state index in [4.69, 9.17) is 23.7 Å². The zero-order chi connectivity index (χ0) is 41.1. The second-order valence-corrected chi connectivity index (χ2v) is 12.4. The molecule has 1 aromatic heterocycles. The third-order valence-electron chi connectivity index (χ3n) is 7.13. The standard InChI is InChI=1S/C20H29N3O7S.C7H15NO2.C7H8O.C2H6.CH2O/c1-4-5-6-14-9-12(2)19(30-14)22-8-7-15(24)23(20(22)28)16(25)11-29-17(26)10-21-18(27)13(3)31;1-5(2)10-7(9)6(3)8-4;1-8-7-5-3-2-4-6-7;2*1-2/h7-8,12-14,19,31H,4-6,9-11H2,1-3H3,(H,21,27);5-6,8H,1-4H3;2-6H,1H3;1-2H3;1H2/t12?,13-,14?,19?;;;;/m1..../s1. The van der Waals surface area contributed by atoms with Crippen molar-refractivity contribution in [2.45, 2.75) is 111 Å². The van der Waals surface area contributed by atoms with Crippen LogP contribution in [0.15, 0.2) is 52.2 Å². The number of carbonyl (C=O) groups excluding carboxylic acids is 5. The maximum absolute atomic E-state index is 12.8. The zero-order valence-electron chi connectivity index (χ0n) is 32.8. The van der Waals surface area contributed by atoms with Crippen LogP contribution in [-0.4, -0.2) is 90.5 Å². The minimum absolute atomic E-state index is 0.0130. The first-order valence-corrected chi connectivity index (χ1v) is 18.1. The summed E-state index contributed by atoms with van der Waals surface area (Å²) < 4.78 is 22.2. The van der Waals surface area contributed by atoms with Crippen molar-refractivity contribution in [3.8, 4) is 5.75 Å². The number of carbonyl (C=O) groups is 5. The average molecular weight is 769 g/mol. The van der Waals surface area contributed by atoms with E-state index in [2.05, 4.69) is 30.2 Å². The highest BCUT2D eigenvalue weighted by Gasteiger charge is 2.34. The predicted octanol–water partition coefficient (Wildman–Crippen LogP) is 3.82. The van der Waals surface area contributed by atoms with Crippen LogP contribution in [-0.2, 0) is 33.4 Å². The van der Waals surface area contributed by atoms with Crippen LogP contribution in [0.2, 0.25) is 0 Å². The first-order chi connectivity index (χ1) is 25.2. The van der Waals surface area contributed by atoms with Gasteiger partial charge in [0.15, 0.2) is 6.61 Å². The van der Waals surface area contributed by atoms with Crippen LogP contribution in [0.1, 0.15) is 92.1 Å². The number of hydrogen-bond acceptors (Lipinski definition) is 13. The Labute approximate surface area is 318 Å². The SMILES string of the molecule is C=O.CC.CCCCC1CC(C)C(n2ccc(=O)n(C(=O)COC(=O)CNC(=O)[C@@H](C)S)c2=O)O1.CNC(C)C(=O)OC(C)C.COc1ccccc1. The van der Waals surface area contributed by atoms with Gasteiger partial charge in [0.05, 0.1) is 24.6 Å². The van der Waals surface area contributed by atoms with Gasteiger partial charge in [-0.25, -0.2) is 4.79 Å². The topological polar surface area (TPSA) is 190 Å². The Kier molecular flexibility index (Phi) is 28.0. The van der Waals surface area contributed by atoms with Crippen molar-refractivity contribution in [2.75, 3.05) is 27.3 Å². The van der Waals surface area contributed by atoms with Crippen LogP contribution in [0, 0.1) is 5.92 Å². The van der Waals surface area contributed by atoms with Gasteiger partial charge in [-0.3, -0.25) is 28.5 Å². The zero-order valence-corrected chi connectivity index (χ0v) is 33.7. The summed E-state index contributed by atoms with van der Waals surface area (Å²) in [6.45, 7) is 15.7. The van der Waals surface area contributed by atoms with Gasteiger partial charge in [0.2, 0.25) is 5.91 Å². The summed E-state index contributed by atoms with van der Waals surface area (Å²) in [5.74, 6) is -1.61. The molecule has 15 nitrogen and oxygen atoms in total. The molecule has 2 N–H and O–H groups in total. The maximum atomic E-state index is 12.8. The molecule has 0 bridgehead atoms. The number of methoxy groups -OCH3 is 1. The lowest BCUT2D eigenvalue weighted by atomic mass is 10.0. The van der Waals surface area contributed by atoms with E-state index >= 15 is 0 Å². The Hall–Kier alpha value is -4.28. The molecular formula is C37H60N4O11S. The summed E-state index contributed by atoms with van der Waals surface area (Å²) in [4.78, 5) is 79.4. The lowest BCUT2D eigenvalue weighted by molar-refractivity contribution is -0.149. The third kappa shape index (κ3) is 19.9. The Morgan fingerprint density at radius 3 is 2.13 bits per heavy atom. The first-order valence-electron chi connectivity index (χ1n) is 17.6. The lowest BCUT2D eigenvalue weighted by Crippen LogP contribution is -2.46. The quantitative estimate of drug-likeness (QED) is 0.198. The van der Waals surface area contributed by atoms with Gasteiger partial charge in [0.1, 0.15) is 31.4 Å². The summed E-state index contributed by atoms with van der Waals surface area (Å²) in [5.41, 5.74) is -1.67. The Bertz CT molecular complexity index is 1460. The summed E-state index contributed by atoms with van der Waals surface area (Å²) in [5, 5.41) is 4.47. The molecule has 3 rings (SSSR count). The molecule has 0 spiro atoms. The number of ether oxygens (including phenoxy) is 4. The summed E-state index contributed by atoms with van der Waals surface area (Å²) in [6.07, 6.45) is 4.42. The number of rotatable bonds is 13. The fraction of sp³-hybridized carbons (Fsp3) is 0.595. The van der Waals surface area contributed by atoms with E-state index in [0.717, 1.165) is 37.5 Å². The number of unbranched alkanes of at least 4 members (excludes halogenated alkanes) is 1. The first kappa shape index (κ1) is 50.8. The maximum Gasteiger partial charge on any atom is 0.340 e. The third-order valence-corrected chi connectivity index (χ3v) is 7.36. The molecule has 2 aromatic rings. The van der Waals surface area contributed by atoms with Crippen molar-refractivity contribution in [1.29, 1.82) is 0 Å². The molecular weight excluding hydrogens is 708 g/mol. The highest BCUT2D eigenvalue weighted by atomic mass is 32.1. The predicted molar refractivity (Wildman–Crippen MR) is 206 cm³/mol. The van der Waals surface area contributed by atoms with Crippen molar-refractivity contribution in [3.63, 3.8) is 0 Å². The molecule has 0 saturated carbocycles. The second-order valence-electron chi connectivity index (χ2n) is 11.6. The van der Waals surface area contributed by atoms with Crippen molar-refractivity contribution < 1.29 is 42.9 Å². The number of hydrogen-bond donors (Lipinski definition) is 3. The molecule has 0 aliphatic carbocycles. The van der Waals surface area contributed by atoms with Crippen LogP contribution < -0.4 is 26.6 Å². The summed E-state index contributed by atoms with van der Waals surface area (Å²) in [7, 11) is 3.39. The largest absolute Gasteiger partial charge is 0.497 e. The molecule has 0 radical (unpaired) electrons. The lowest BCUT2D eigenvalue weighted by Gasteiger charge is -2.19. The number of thiol groups is 1. The van der Waals surface area contributed by atoms with Crippen LogP contribution in [0.5, 0.6) is 5.75 Å². The molecule has 16 heteroatoms. The molecule has 5 atom stereocenters. The van der Waals surface area contributed by atoms with E-state index in [1.807, 2.05) is 71.7 Å². The second kappa shape index (κ2) is 29.2. The van der Waals surface area contributed by atoms with Crippen molar-refractivity contribution in [3.05, 3.63) is 63.4 Å². The molecule has 53 heavy (non-hydrogen) atoms. The normalized spacial score (nSPS) is 16.6. The summed E-state index contributed by atoms with van der Waals surface area (Å²) in [6, 6.07) is 10.6. The van der Waals surface area contributed by atoms with E-state index in [0.29, 0.717) is 4.57 Å². The minimum atomic E-state index is -0.986. The molecule has 4 unspecified atom stereocenters. The Balaban J connectivity index is 0. The van der Waals surface area contributed by atoms with Gasteiger partial charge in [0.25, 0.3) is 11.5 Å². The monoisotopic (exact) mass is 768 g/mol. The van der Waals surface area contributed by atoms with Crippen LogP contribution in [0.3, 0.4) is 0 Å². The van der Waals surface area contributed by atoms with E-state index < -0.39 is 53.7 Å². The van der Waals surface area contributed by atoms with Crippen LogP contribution >= 0.6 is 12.6 Å². The highest BCUT2D eigenvalue weighted by Crippen LogP contribution is 2.35. The van der Waals surface area contributed by atoms with Crippen LogP contribution in [0.4, 0.5) is 0 Å². The van der Waals surface area contributed by atoms with Gasteiger partial charge in [-0.1, -0.05) is 58.7 Å². The minimum Gasteiger partial charge on any atom is -0.497 e. The van der Waals surface area contributed by atoms with Crippen molar-refractivity contribution >= 4 is 43.2 Å². The van der Waals surface area contributed by atoms with E-state index in [1.165, 1.54) is 17.7 Å². The van der Waals surface area contributed by atoms with Gasteiger partial charge in [-0.05, 0) is 59.7 Å². The van der Waals surface area contributed by atoms with Gasteiger partial charge in [-0.15, -0.1) is 0 Å². The number of esters is 2. The fourth-order valence-electron chi connectivity index (χ4n) is 4.36. The number of nitrogens with zero attached hydrogens (tertiary/aromatic N) is 2. The van der Waals surface area contributed by atoms with Gasteiger partial charge in [-0.2, -0.15) is 17.2 Å². The van der Waals surface area contributed by atoms with Gasteiger partial charge >= 0.3 is 17.6 Å². The number of para-hydroxylation sites is 1. The molecule has 1 aliphatic heterocycles.